The fraction of sp³-hybridized carbons (Fsp3) is 0.189. The highest BCUT2D eigenvalue weighted by Crippen LogP contribution is 2.37. The molecule has 0 saturated carbocycles. The van der Waals surface area contributed by atoms with Gasteiger partial charge in [0.2, 0.25) is 0 Å². The van der Waals surface area contributed by atoms with Gasteiger partial charge >= 0.3 is 0 Å². The highest BCUT2D eigenvalue weighted by Gasteiger charge is 2.21. The Balaban J connectivity index is 1.13. The second-order valence-corrected chi connectivity index (χ2v) is 11.3. The monoisotopic (exact) mass is 538 g/mol. The van der Waals surface area contributed by atoms with Gasteiger partial charge in [0, 0.05) is 35.6 Å². The van der Waals surface area contributed by atoms with E-state index in [0.29, 0.717) is 13.5 Å². The minimum atomic E-state index is 0.568. The summed E-state index contributed by atoms with van der Waals surface area (Å²) < 4.78 is 12.3. The van der Waals surface area contributed by atoms with Gasteiger partial charge in [-0.05, 0) is 108 Å². The summed E-state index contributed by atoms with van der Waals surface area (Å²) in [5, 5.41) is 0. The maximum atomic E-state index is 6.23. The Morgan fingerprint density at radius 1 is 0.512 bits per heavy atom. The molecule has 0 saturated heterocycles. The van der Waals surface area contributed by atoms with E-state index in [1.807, 2.05) is 0 Å². The maximum Gasteiger partial charge on any atom is 0.161 e. The third-order valence-electron chi connectivity index (χ3n) is 8.16. The fourth-order valence-electron chi connectivity index (χ4n) is 5.99. The van der Waals surface area contributed by atoms with Gasteiger partial charge in [-0.15, -0.1) is 0 Å². The van der Waals surface area contributed by atoms with E-state index in [4.69, 9.17) is 9.47 Å². The Labute approximate surface area is 242 Å². The van der Waals surface area contributed by atoms with Gasteiger partial charge in [0.15, 0.2) is 13.5 Å². The van der Waals surface area contributed by atoms with Crippen LogP contribution in [0.2, 0.25) is 0 Å². The second-order valence-electron chi connectivity index (χ2n) is 11.3. The lowest BCUT2D eigenvalue weighted by atomic mass is 9.95. The number of hydrogen-bond acceptors (Lipinski definition) is 4. The van der Waals surface area contributed by atoms with Gasteiger partial charge in [-0.1, -0.05) is 54.6 Å². The molecule has 0 aliphatic carbocycles. The van der Waals surface area contributed by atoms with Gasteiger partial charge in [0.05, 0.1) is 0 Å². The third-order valence-corrected chi connectivity index (χ3v) is 8.16. The molecule has 204 valence electrons. The van der Waals surface area contributed by atoms with Crippen LogP contribution >= 0.6 is 0 Å². The van der Waals surface area contributed by atoms with Gasteiger partial charge in [-0.2, -0.15) is 0 Å². The Kier molecular flexibility index (Phi) is 6.39. The van der Waals surface area contributed by atoms with Gasteiger partial charge in [0.25, 0.3) is 0 Å². The number of hydrogen-bond donors (Lipinski definition) is 0. The first-order valence-electron chi connectivity index (χ1n) is 14.3. The topological polar surface area (TPSA) is 24.9 Å². The zero-order valence-corrected chi connectivity index (χ0v) is 23.9. The first-order valence-corrected chi connectivity index (χ1v) is 14.3. The molecule has 4 nitrogen and oxygen atoms in total. The number of ether oxygens (including phenoxy) is 2. The van der Waals surface area contributed by atoms with E-state index in [2.05, 4.69) is 134 Å². The largest absolute Gasteiger partial charge is 0.473 e. The first-order chi connectivity index (χ1) is 20.0. The van der Waals surface area contributed by atoms with Gasteiger partial charge in [-0.25, -0.2) is 0 Å². The van der Waals surface area contributed by atoms with Crippen molar-refractivity contribution in [2.45, 2.75) is 33.9 Å². The number of nitrogens with zero attached hydrogens (tertiary/aromatic N) is 2. The molecule has 0 spiro atoms. The maximum absolute atomic E-state index is 6.23. The molecule has 0 unspecified atom stereocenters. The van der Waals surface area contributed by atoms with E-state index < -0.39 is 0 Å². The third kappa shape index (κ3) is 5.02. The normalized spacial score (nSPS) is 14.1. The molecule has 2 heterocycles. The Morgan fingerprint density at radius 2 is 1.07 bits per heavy atom. The molecular weight excluding hydrogens is 504 g/mol. The van der Waals surface area contributed by atoms with Gasteiger partial charge in [0.1, 0.15) is 11.5 Å². The molecule has 0 fully saturated rings. The van der Waals surface area contributed by atoms with Crippen molar-refractivity contribution < 1.29 is 9.47 Å². The van der Waals surface area contributed by atoms with Crippen molar-refractivity contribution in [3.8, 4) is 33.8 Å². The van der Waals surface area contributed by atoms with Crippen LogP contribution in [0.3, 0.4) is 0 Å². The lowest BCUT2D eigenvalue weighted by Crippen LogP contribution is -2.32. The standard InChI is InChI=1S/C37H34N2O2/c1-25-6-4-8-34(16-25)38-21-32-19-30(14-15-36(32)40-23-38)28-10-12-29(13-11-28)31-18-27(3)37-33(20-31)22-39(24-41-37)35-9-5-7-26(2)17-35/h4-20H,21-24H2,1-3H3. The summed E-state index contributed by atoms with van der Waals surface area (Å²) in [7, 11) is 0. The smallest absolute Gasteiger partial charge is 0.161 e. The van der Waals surface area contributed by atoms with Crippen molar-refractivity contribution >= 4 is 11.4 Å². The quantitative estimate of drug-likeness (QED) is 0.229. The SMILES string of the molecule is Cc1cccc(N2COc3ccc(-c4ccc(-c5cc(C)c6c(c5)CN(c5cccc(C)c5)CO6)cc4)cc3C2)c1. The molecule has 0 amide bonds. The van der Waals surface area contributed by atoms with Crippen molar-refractivity contribution in [2.75, 3.05) is 23.3 Å². The summed E-state index contributed by atoms with van der Waals surface area (Å²) in [5.74, 6) is 1.99. The van der Waals surface area contributed by atoms with Crippen LogP contribution < -0.4 is 19.3 Å². The van der Waals surface area contributed by atoms with E-state index in [9.17, 15) is 0 Å². The van der Waals surface area contributed by atoms with E-state index in [0.717, 1.165) is 24.6 Å². The Bertz CT molecular complexity index is 1740. The summed E-state index contributed by atoms with van der Waals surface area (Å²) in [5.41, 5.74) is 13.3. The molecule has 0 bridgehead atoms. The van der Waals surface area contributed by atoms with Crippen LogP contribution in [-0.4, -0.2) is 13.5 Å². The number of benzene rings is 5. The molecule has 0 aromatic heterocycles. The van der Waals surface area contributed by atoms with Crippen molar-refractivity contribution in [1.29, 1.82) is 0 Å². The molecule has 0 N–H and O–H groups in total. The number of anilines is 2. The second kappa shape index (κ2) is 10.4. The highest BCUT2D eigenvalue weighted by molar-refractivity contribution is 5.73. The van der Waals surface area contributed by atoms with E-state index in [1.54, 1.807) is 0 Å². The fourth-order valence-corrected chi connectivity index (χ4v) is 5.99. The van der Waals surface area contributed by atoms with E-state index in [-0.39, 0.29) is 0 Å². The first kappa shape index (κ1) is 25.3. The van der Waals surface area contributed by atoms with Crippen molar-refractivity contribution in [3.05, 3.63) is 131 Å². The average molecular weight is 539 g/mol. The lowest BCUT2D eigenvalue weighted by molar-refractivity contribution is 0.287. The molecule has 0 atom stereocenters. The Hall–Kier alpha value is -4.70. The molecule has 41 heavy (non-hydrogen) atoms. The molecule has 5 aromatic rings. The molecule has 0 radical (unpaired) electrons. The van der Waals surface area contributed by atoms with Gasteiger partial charge in [-0.3, -0.25) is 0 Å². The van der Waals surface area contributed by atoms with Crippen molar-refractivity contribution in [3.63, 3.8) is 0 Å². The molecule has 4 heteroatoms. The van der Waals surface area contributed by atoms with Crippen molar-refractivity contribution in [2.24, 2.45) is 0 Å². The minimum absolute atomic E-state index is 0.568. The molecule has 7 rings (SSSR count). The van der Waals surface area contributed by atoms with E-state index in [1.165, 1.54) is 61.4 Å². The van der Waals surface area contributed by atoms with E-state index >= 15 is 0 Å². The van der Waals surface area contributed by atoms with Crippen molar-refractivity contribution in [1.82, 2.24) is 0 Å². The molecular formula is C37H34N2O2. The predicted octanol–water partition coefficient (Wildman–Crippen LogP) is 8.66. The summed E-state index contributed by atoms with van der Waals surface area (Å²) in [6.07, 6.45) is 0. The lowest BCUT2D eigenvalue weighted by Gasteiger charge is -2.32. The zero-order chi connectivity index (χ0) is 27.9. The van der Waals surface area contributed by atoms with Crippen LogP contribution in [0.4, 0.5) is 11.4 Å². The minimum Gasteiger partial charge on any atom is -0.473 e. The average Bonchev–Trinajstić information content (AvgIpc) is 3.00. The zero-order valence-electron chi connectivity index (χ0n) is 23.9. The van der Waals surface area contributed by atoms with Crippen LogP contribution in [-0.2, 0) is 13.1 Å². The number of fused-ring (bicyclic) bond motifs is 2. The molecule has 5 aromatic carbocycles. The summed E-state index contributed by atoms with van der Waals surface area (Å²) >= 11 is 0. The highest BCUT2D eigenvalue weighted by atomic mass is 16.5. The van der Waals surface area contributed by atoms with Crippen LogP contribution in [0.15, 0.2) is 103 Å². The van der Waals surface area contributed by atoms with Gasteiger partial charge < -0.3 is 19.3 Å². The van der Waals surface area contributed by atoms with Crippen LogP contribution in [0, 0.1) is 20.8 Å². The van der Waals surface area contributed by atoms with Crippen LogP contribution in [0.1, 0.15) is 27.8 Å². The number of rotatable bonds is 4. The summed E-state index contributed by atoms with van der Waals surface area (Å²) in [6.45, 7) is 9.21. The predicted molar refractivity (Wildman–Crippen MR) is 168 cm³/mol. The summed E-state index contributed by atoms with van der Waals surface area (Å²) in [4.78, 5) is 4.58. The summed E-state index contributed by atoms with van der Waals surface area (Å²) in [6, 6.07) is 37.2. The molecule has 2 aliphatic rings. The van der Waals surface area contributed by atoms with Crippen LogP contribution in [0.25, 0.3) is 22.3 Å². The van der Waals surface area contributed by atoms with Crippen LogP contribution in [0.5, 0.6) is 11.5 Å². The Morgan fingerprint density at radius 3 is 1.73 bits per heavy atom. The number of aryl methyl sites for hydroxylation is 3. The molecule has 2 aliphatic heterocycles.